The molecular formula is C49H37N. The molecule has 0 amide bonds. The second-order valence-corrected chi connectivity index (χ2v) is 11.9. The normalized spacial score (nSPS) is 19.5. The molecule has 0 spiro atoms. The fraction of sp³-hybridized carbons (Fsp3) is 0.0612. The van der Waals surface area contributed by atoms with Gasteiger partial charge in [-0.1, -0.05) is 165 Å². The predicted molar refractivity (Wildman–Crippen MR) is 213 cm³/mol. The number of fused-ring (bicyclic) bond motifs is 2. The molecule has 0 aliphatic heterocycles. The van der Waals surface area contributed by atoms with E-state index in [0.717, 1.165) is 17.0 Å². The van der Waals surface area contributed by atoms with E-state index >= 15 is 0 Å². The zero-order valence-electron chi connectivity index (χ0n) is 50.5. The van der Waals surface area contributed by atoms with Gasteiger partial charge in [-0.2, -0.15) is 0 Å². The number of para-hydroxylation sites is 1. The third kappa shape index (κ3) is 4.94. The predicted octanol–water partition coefficient (Wildman–Crippen LogP) is 13.6. The smallest absolute Gasteiger partial charge is 0.0645 e. The summed E-state index contributed by atoms with van der Waals surface area (Å²) in [5.41, 5.74) is -4.35. The molecule has 0 aromatic heterocycles. The summed E-state index contributed by atoms with van der Waals surface area (Å²) in [6.07, 6.45) is 0. The summed E-state index contributed by atoms with van der Waals surface area (Å²) in [5, 5.41) is 0.212. The Labute approximate surface area is 328 Å². The zero-order chi connectivity index (χ0) is 54.5. The molecule has 0 atom stereocenters. The lowest BCUT2D eigenvalue weighted by Gasteiger charge is -2.38. The highest BCUT2D eigenvalue weighted by Crippen LogP contribution is 2.54. The maximum atomic E-state index is 9.56. The number of nitrogens with zero attached hydrogens (tertiary/aromatic N) is 1. The second-order valence-electron chi connectivity index (χ2n) is 11.9. The first-order chi connectivity index (χ1) is 34.5. The molecule has 8 aromatic rings. The lowest BCUT2D eigenvalue weighted by Crippen LogP contribution is -2.25. The third-order valence-corrected chi connectivity index (χ3v) is 8.70. The van der Waals surface area contributed by atoms with E-state index in [1.807, 2.05) is 0 Å². The summed E-state index contributed by atoms with van der Waals surface area (Å²) in [4.78, 5) is 0.847. The van der Waals surface area contributed by atoms with Crippen molar-refractivity contribution >= 4 is 27.8 Å². The van der Waals surface area contributed by atoms with Crippen LogP contribution in [0.15, 0.2) is 187 Å². The van der Waals surface area contributed by atoms with E-state index in [1.54, 1.807) is 13.8 Å². The molecule has 0 N–H and O–H groups in total. The van der Waals surface area contributed by atoms with Crippen molar-refractivity contribution in [1.82, 2.24) is 0 Å². The van der Waals surface area contributed by atoms with Crippen LogP contribution in [0.5, 0.6) is 0 Å². The minimum atomic E-state index is -1.46. The van der Waals surface area contributed by atoms with Crippen molar-refractivity contribution in [2.24, 2.45) is 0 Å². The Morgan fingerprint density at radius 2 is 1.16 bits per heavy atom. The van der Waals surface area contributed by atoms with Crippen LogP contribution in [0.2, 0.25) is 0 Å². The van der Waals surface area contributed by atoms with Crippen molar-refractivity contribution in [3.05, 3.63) is 199 Å². The van der Waals surface area contributed by atoms with Gasteiger partial charge < -0.3 is 4.90 Å². The van der Waals surface area contributed by atoms with Crippen LogP contribution in [-0.4, -0.2) is 0 Å². The largest absolute Gasteiger partial charge is 0.310 e. The van der Waals surface area contributed by atoms with Crippen LogP contribution in [0, 0.1) is 0 Å². The summed E-state index contributed by atoms with van der Waals surface area (Å²) < 4.78 is 214. The van der Waals surface area contributed by atoms with Gasteiger partial charge in [0.1, 0.15) is 0 Å². The van der Waals surface area contributed by atoms with Gasteiger partial charge in [0.25, 0.3) is 0 Å². The van der Waals surface area contributed by atoms with E-state index in [0.29, 0.717) is 0 Å². The van der Waals surface area contributed by atoms with Gasteiger partial charge in [-0.15, -0.1) is 0 Å². The SMILES string of the molecule is [2H]c1cc(-c2c([2H])ccc3c2C(C)(C)c2c([2H])c([2H])cc4c([2H])c([2H])c(-c5c([2H])c([2H])c([2H])c([2H])c5[2H])c-3c24)cc(N(c2cc([2H])c([2H])c([2H])c2[2H])c2c([2H])c([2H])c(-c3cc([2H])c([2H])c([2H])c3[2H])c([2H])c2[2H])c1[2H]. The zero-order valence-corrected chi connectivity index (χ0v) is 26.5. The fourth-order valence-electron chi connectivity index (χ4n) is 6.54. The third-order valence-electron chi connectivity index (χ3n) is 8.70. The van der Waals surface area contributed by atoms with E-state index in [4.69, 9.17) is 19.2 Å². The number of benzene rings is 8. The van der Waals surface area contributed by atoms with Crippen molar-refractivity contribution in [1.29, 1.82) is 0 Å². The molecule has 8 aromatic carbocycles. The molecule has 0 heterocycles. The Morgan fingerprint density at radius 3 is 2.00 bits per heavy atom. The number of rotatable bonds is 6. The van der Waals surface area contributed by atoms with Crippen LogP contribution >= 0.6 is 0 Å². The van der Waals surface area contributed by atoms with Crippen molar-refractivity contribution in [3.63, 3.8) is 0 Å². The summed E-state index contributed by atoms with van der Waals surface area (Å²) in [5.74, 6) is 0. The molecule has 0 fully saturated rings. The van der Waals surface area contributed by atoms with E-state index in [-0.39, 0.29) is 73.4 Å². The summed E-state index contributed by atoms with van der Waals surface area (Å²) >= 11 is 0. The Morgan fingerprint density at radius 1 is 0.460 bits per heavy atom. The Kier molecular flexibility index (Phi) is 3.37. The molecule has 0 saturated carbocycles. The van der Waals surface area contributed by atoms with Crippen LogP contribution < -0.4 is 4.90 Å². The monoisotopic (exact) mass is 663 g/mol. The second kappa shape index (κ2) is 12.1. The van der Waals surface area contributed by atoms with Crippen molar-refractivity contribution in [2.45, 2.75) is 19.3 Å². The Balaban J connectivity index is 1.42. The van der Waals surface area contributed by atoms with E-state index in [2.05, 4.69) is 0 Å². The summed E-state index contributed by atoms with van der Waals surface area (Å²) in [6, 6.07) is -7.40. The summed E-state index contributed by atoms with van der Waals surface area (Å²) in [7, 11) is 0. The van der Waals surface area contributed by atoms with Crippen LogP contribution in [0.25, 0.3) is 55.3 Å². The molecule has 1 heteroatoms. The maximum absolute atomic E-state index is 9.56. The van der Waals surface area contributed by atoms with E-state index < -0.39 is 160 Å². The lowest BCUT2D eigenvalue weighted by molar-refractivity contribution is 0.647. The van der Waals surface area contributed by atoms with Crippen molar-refractivity contribution < 1.29 is 32.9 Å². The number of hydrogen-bond donors (Lipinski definition) is 0. The molecule has 0 saturated heterocycles. The molecule has 50 heavy (non-hydrogen) atoms. The van der Waals surface area contributed by atoms with Crippen LogP contribution in [0.4, 0.5) is 17.1 Å². The summed E-state index contributed by atoms with van der Waals surface area (Å²) in [6.45, 7) is 3.33. The molecule has 0 radical (unpaired) electrons. The van der Waals surface area contributed by atoms with Gasteiger partial charge in [-0.25, -0.2) is 0 Å². The minimum absolute atomic E-state index is 0.0210. The Bertz CT molecular complexity index is 3830. The highest BCUT2D eigenvalue weighted by molar-refractivity contribution is 6.10. The fourth-order valence-corrected chi connectivity index (χ4v) is 6.54. The topological polar surface area (TPSA) is 3.24 Å². The highest BCUT2D eigenvalue weighted by Gasteiger charge is 2.36. The van der Waals surface area contributed by atoms with Gasteiger partial charge in [-0.3, -0.25) is 0 Å². The van der Waals surface area contributed by atoms with Gasteiger partial charge in [0.05, 0.1) is 32.9 Å². The first kappa shape index (κ1) is 14.0. The van der Waals surface area contributed by atoms with Gasteiger partial charge in [-0.05, 0) is 103 Å². The van der Waals surface area contributed by atoms with E-state index in [9.17, 15) is 13.7 Å². The molecule has 1 aliphatic carbocycles. The molecule has 238 valence electrons. The molecular weight excluding hydrogens is 603 g/mol. The molecule has 0 bridgehead atoms. The van der Waals surface area contributed by atoms with Gasteiger partial charge in [0.2, 0.25) is 0 Å². The van der Waals surface area contributed by atoms with Gasteiger partial charge in [0.15, 0.2) is 0 Å². The molecule has 1 aliphatic rings. The quantitative estimate of drug-likeness (QED) is 0.171. The molecule has 9 rings (SSSR count). The maximum Gasteiger partial charge on any atom is 0.0645 e. The van der Waals surface area contributed by atoms with Crippen LogP contribution in [0.3, 0.4) is 0 Å². The highest BCUT2D eigenvalue weighted by atomic mass is 15.1. The van der Waals surface area contributed by atoms with Crippen molar-refractivity contribution in [2.75, 3.05) is 4.90 Å². The number of anilines is 3. The van der Waals surface area contributed by atoms with Crippen LogP contribution in [0.1, 0.15) is 57.9 Å². The lowest BCUT2D eigenvalue weighted by atomic mass is 9.65. The van der Waals surface area contributed by atoms with Crippen LogP contribution in [-0.2, 0) is 5.41 Å². The standard InChI is InChI=1S/C49H37N/c1-49(2)45-26-13-19-37-29-32-42(36-17-8-4-9-18-36)47(46(37)45)44-25-14-24-43(48(44)49)38-20-12-23-41(33-38)50(39-21-10-5-11-22-39)40-30-27-35(28-31-40)34-15-6-3-7-16-34/h3-33H,1-2H3/i3D,4D,5D,6D,7D,8D,9D,10D,11D,12D,13D,15D,17D,18D,21D,23D,24D,26D,27D,28D,29D,30D,31D,32D. The first-order valence-electron chi connectivity index (χ1n) is 27.5. The average molecular weight is 664 g/mol. The first-order valence-corrected chi connectivity index (χ1v) is 15.5. The average Bonchev–Trinajstić information content (AvgIpc) is 3.35. The molecule has 1 nitrogen and oxygen atoms in total. The molecule has 0 unspecified atom stereocenters. The van der Waals surface area contributed by atoms with E-state index in [1.165, 1.54) is 30.3 Å². The Hall–Kier alpha value is -6.18. The minimum Gasteiger partial charge on any atom is -0.310 e. The van der Waals surface area contributed by atoms with Gasteiger partial charge in [0, 0.05) is 22.5 Å². The number of hydrogen-bond acceptors (Lipinski definition) is 1. The van der Waals surface area contributed by atoms with Crippen molar-refractivity contribution in [3.8, 4) is 44.5 Å². The van der Waals surface area contributed by atoms with Gasteiger partial charge >= 0.3 is 0 Å².